The van der Waals surface area contributed by atoms with Crippen LogP contribution in [-0.2, 0) is 22.6 Å². The maximum absolute atomic E-state index is 13.5. The van der Waals surface area contributed by atoms with Gasteiger partial charge in [0.2, 0.25) is 11.9 Å². The lowest BCUT2D eigenvalue weighted by molar-refractivity contribution is -0.116. The van der Waals surface area contributed by atoms with Crippen molar-refractivity contribution < 1.29 is 23.5 Å². The summed E-state index contributed by atoms with van der Waals surface area (Å²) in [5.74, 6) is -2.24. The molecule has 200 valence electrons. The summed E-state index contributed by atoms with van der Waals surface area (Å²) in [4.78, 5) is 65.9. The molecule has 5 heterocycles. The first-order chi connectivity index (χ1) is 18.8. The molecule has 1 atom stereocenters. The van der Waals surface area contributed by atoms with Crippen LogP contribution < -0.4 is 16.2 Å². The summed E-state index contributed by atoms with van der Waals surface area (Å²) in [6, 6.07) is 4.92. The standard InChI is InChI=1S/C24H22FN9O5/c1-13(12-39-2)32-10-15-20(23(32)38)33(11-18(35)29-17-5-4-14(25)9-28-17)19-8-16(31-34(19)22(15)37)21(36)30-24-26-6-3-7-27-24/h3-9,13H,10-12H2,1-2H3,(H,28,29,35)(H,26,27,30,36)/t13-/m0/s1. The summed E-state index contributed by atoms with van der Waals surface area (Å²) in [5, 5.41) is 9.17. The highest BCUT2D eigenvalue weighted by Gasteiger charge is 2.37. The molecular weight excluding hydrogens is 513 g/mol. The van der Waals surface area contributed by atoms with E-state index in [1.807, 2.05) is 0 Å². The monoisotopic (exact) mass is 535 g/mol. The molecule has 0 unspecified atom stereocenters. The normalized spacial score (nSPS) is 13.4. The van der Waals surface area contributed by atoms with Crippen LogP contribution in [0.5, 0.6) is 0 Å². The van der Waals surface area contributed by atoms with Crippen molar-refractivity contribution in [2.24, 2.45) is 0 Å². The number of ether oxygens (including phenoxy) is 1. The van der Waals surface area contributed by atoms with Gasteiger partial charge in [0.25, 0.3) is 17.4 Å². The first kappa shape index (κ1) is 25.6. The fourth-order valence-electron chi connectivity index (χ4n) is 4.25. The van der Waals surface area contributed by atoms with Crippen LogP contribution in [0.25, 0.3) is 5.65 Å². The number of nitrogens with zero attached hydrogens (tertiary/aromatic N) is 7. The van der Waals surface area contributed by atoms with E-state index in [4.69, 9.17) is 4.74 Å². The number of hydrogen-bond donors (Lipinski definition) is 2. The van der Waals surface area contributed by atoms with Crippen molar-refractivity contribution in [3.05, 3.63) is 76.0 Å². The molecular formula is C24H22FN9O5. The van der Waals surface area contributed by atoms with Gasteiger partial charge in [-0.1, -0.05) is 0 Å². The molecule has 1 aliphatic rings. The van der Waals surface area contributed by atoms with Crippen LogP contribution in [0.4, 0.5) is 16.2 Å². The van der Waals surface area contributed by atoms with E-state index in [-0.39, 0.29) is 53.6 Å². The second-order valence-electron chi connectivity index (χ2n) is 8.69. The Labute approximate surface area is 219 Å². The minimum atomic E-state index is -0.697. The average molecular weight is 535 g/mol. The zero-order valence-electron chi connectivity index (χ0n) is 20.8. The fraction of sp³-hybridized carbons (Fsp3) is 0.250. The summed E-state index contributed by atoms with van der Waals surface area (Å²) < 4.78 is 20.7. The Balaban J connectivity index is 1.56. The molecule has 1 aliphatic heterocycles. The predicted octanol–water partition coefficient (Wildman–Crippen LogP) is 0.702. The lowest BCUT2D eigenvalue weighted by atomic mass is 10.2. The zero-order chi connectivity index (χ0) is 27.7. The molecule has 39 heavy (non-hydrogen) atoms. The molecule has 5 rings (SSSR count). The number of halogens is 1. The maximum atomic E-state index is 13.5. The van der Waals surface area contributed by atoms with E-state index in [1.165, 1.54) is 41.1 Å². The van der Waals surface area contributed by atoms with Gasteiger partial charge in [-0.25, -0.2) is 19.3 Å². The van der Waals surface area contributed by atoms with Crippen molar-refractivity contribution in [2.45, 2.75) is 26.1 Å². The number of carbonyl (C=O) groups excluding carboxylic acids is 3. The van der Waals surface area contributed by atoms with E-state index in [1.54, 1.807) is 13.0 Å². The molecule has 0 radical (unpaired) electrons. The molecule has 0 aromatic carbocycles. The molecule has 4 aromatic rings. The molecule has 15 heteroatoms. The SMILES string of the molecule is COC[C@H](C)N1Cc2c(n(CC(=O)Nc3ccc(F)cn3)c3cc(C(=O)Nc4ncccn4)nn3c2=O)C1=O. The third kappa shape index (κ3) is 4.94. The number of aromatic nitrogens is 6. The van der Waals surface area contributed by atoms with Crippen molar-refractivity contribution in [1.29, 1.82) is 0 Å². The van der Waals surface area contributed by atoms with Gasteiger partial charge in [0.1, 0.15) is 29.5 Å². The molecule has 0 bridgehead atoms. The Morgan fingerprint density at radius 3 is 2.62 bits per heavy atom. The Morgan fingerprint density at radius 1 is 1.15 bits per heavy atom. The third-order valence-corrected chi connectivity index (χ3v) is 6.03. The summed E-state index contributed by atoms with van der Waals surface area (Å²) in [5.41, 5.74) is -0.614. The predicted molar refractivity (Wildman–Crippen MR) is 133 cm³/mol. The van der Waals surface area contributed by atoms with E-state index in [9.17, 15) is 23.6 Å². The Kier molecular flexibility index (Phi) is 6.81. The van der Waals surface area contributed by atoms with Gasteiger partial charge in [-0.05, 0) is 25.1 Å². The number of anilines is 2. The number of pyridine rings is 1. The molecule has 0 fully saturated rings. The molecule has 14 nitrogen and oxygen atoms in total. The molecule has 0 aliphatic carbocycles. The van der Waals surface area contributed by atoms with Crippen molar-refractivity contribution in [3.63, 3.8) is 0 Å². The maximum Gasteiger partial charge on any atom is 0.280 e. The van der Waals surface area contributed by atoms with E-state index in [0.29, 0.717) is 0 Å². The van der Waals surface area contributed by atoms with Crippen LogP contribution in [0.15, 0.2) is 47.7 Å². The van der Waals surface area contributed by atoms with Gasteiger partial charge < -0.3 is 19.5 Å². The van der Waals surface area contributed by atoms with Gasteiger partial charge in [-0.15, -0.1) is 0 Å². The minimum Gasteiger partial charge on any atom is -0.383 e. The van der Waals surface area contributed by atoms with Crippen molar-refractivity contribution in [1.82, 2.24) is 34.0 Å². The first-order valence-corrected chi connectivity index (χ1v) is 11.7. The topological polar surface area (TPSA) is 166 Å². The molecule has 3 amide bonds. The quantitative estimate of drug-likeness (QED) is 0.330. The van der Waals surface area contributed by atoms with Gasteiger partial charge in [0, 0.05) is 25.6 Å². The summed E-state index contributed by atoms with van der Waals surface area (Å²) >= 11 is 0. The average Bonchev–Trinajstić information content (AvgIpc) is 3.52. The lowest BCUT2D eigenvalue weighted by Gasteiger charge is -2.23. The number of carbonyl (C=O) groups is 3. The van der Waals surface area contributed by atoms with E-state index in [2.05, 4.69) is 30.7 Å². The number of methoxy groups -OCH3 is 1. The first-order valence-electron chi connectivity index (χ1n) is 11.7. The van der Waals surface area contributed by atoms with E-state index < -0.39 is 35.6 Å². The molecule has 0 saturated carbocycles. The second kappa shape index (κ2) is 10.4. The van der Waals surface area contributed by atoms with Crippen LogP contribution in [0, 0.1) is 5.82 Å². The van der Waals surface area contributed by atoms with Gasteiger partial charge in [-0.3, -0.25) is 24.5 Å². The third-order valence-electron chi connectivity index (χ3n) is 6.03. The number of hydrogen-bond acceptors (Lipinski definition) is 9. The summed E-state index contributed by atoms with van der Waals surface area (Å²) in [6.07, 6.45) is 3.83. The Morgan fingerprint density at radius 2 is 1.92 bits per heavy atom. The van der Waals surface area contributed by atoms with Gasteiger partial charge in [0.15, 0.2) is 5.69 Å². The van der Waals surface area contributed by atoms with E-state index >= 15 is 0 Å². The number of nitrogens with one attached hydrogen (secondary N) is 2. The van der Waals surface area contributed by atoms with Crippen LogP contribution in [0.2, 0.25) is 0 Å². The fourth-order valence-corrected chi connectivity index (χ4v) is 4.25. The Bertz CT molecular complexity index is 1640. The zero-order valence-corrected chi connectivity index (χ0v) is 20.8. The van der Waals surface area contributed by atoms with Crippen LogP contribution in [0.3, 0.4) is 0 Å². The highest BCUT2D eigenvalue weighted by atomic mass is 19.1. The van der Waals surface area contributed by atoms with Crippen LogP contribution in [0.1, 0.15) is 33.5 Å². The molecule has 0 spiro atoms. The second-order valence-corrected chi connectivity index (χ2v) is 8.69. The van der Waals surface area contributed by atoms with Crippen molar-refractivity contribution in [2.75, 3.05) is 24.4 Å². The van der Waals surface area contributed by atoms with E-state index in [0.717, 1.165) is 16.8 Å². The highest BCUT2D eigenvalue weighted by Crippen LogP contribution is 2.25. The number of rotatable bonds is 8. The molecule has 0 saturated heterocycles. The van der Waals surface area contributed by atoms with Gasteiger partial charge in [0.05, 0.1) is 31.0 Å². The smallest absolute Gasteiger partial charge is 0.280 e. The number of amides is 3. The largest absolute Gasteiger partial charge is 0.383 e. The van der Waals surface area contributed by atoms with Crippen molar-refractivity contribution in [3.8, 4) is 0 Å². The van der Waals surface area contributed by atoms with Crippen molar-refractivity contribution >= 4 is 35.1 Å². The summed E-state index contributed by atoms with van der Waals surface area (Å²) in [6.45, 7) is 1.54. The minimum absolute atomic E-state index is 0.00378. The Hall–Kier alpha value is -5.05. The number of fused-ring (bicyclic) bond motifs is 2. The van der Waals surface area contributed by atoms with Crippen LogP contribution in [-0.4, -0.2) is 71.5 Å². The lowest BCUT2D eigenvalue weighted by Crippen LogP contribution is -2.37. The molecule has 2 N–H and O–H groups in total. The highest BCUT2D eigenvalue weighted by molar-refractivity contribution is 6.03. The summed E-state index contributed by atoms with van der Waals surface area (Å²) in [7, 11) is 1.50. The van der Waals surface area contributed by atoms with Crippen LogP contribution >= 0.6 is 0 Å². The van der Waals surface area contributed by atoms with Gasteiger partial charge in [-0.2, -0.15) is 9.61 Å². The molecule has 4 aromatic heterocycles. The van der Waals surface area contributed by atoms with Gasteiger partial charge >= 0.3 is 0 Å².